The van der Waals surface area contributed by atoms with Crippen LogP contribution in [0.4, 0.5) is 0 Å². The summed E-state index contributed by atoms with van der Waals surface area (Å²) in [7, 11) is -3.53. The molecular weight excluding hydrogens is 488 g/mol. The molecule has 0 aliphatic heterocycles. The van der Waals surface area contributed by atoms with Crippen molar-refractivity contribution >= 4 is 78.2 Å². The molecule has 8 heteroatoms. The van der Waals surface area contributed by atoms with Gasteiger partial charge < -0.3 is 0 Å². The second-order valence-electron chi connectivity index (χ2n) is 7.98. The van der Waals surface area contributed by atoms with E-state index in [1.165, 1.54) is 0 Å². The molecule has 0 N–H and O–H groups in total. The van der Waals surface area contributed by atoms with Gasteiger partial charge in [0.2, 0.25) is 0 Å². The van der Waals surface area contributed by atoms with Crippen LogP contribution < -0.4 is 0 Å². The van der Waals surface area contributed by atoms with Crippen molar-refractivity contribution < 1.29 is 0 Å². The van der Waals surface area contributed by atoms with E-state index in [1.54, 1.807) is 0 Å². The molecule has 0 aromatic heterocycles. The van der Waals surface area contributed by atoms with Gasteiger partial charge in [-0.15, -0.1) is 45.9 Å². The number of hydrogen-bond acceptors (Lipinski definition) is 0. The van der Waals surface area contributed by atoms with Crippen molar-refractivity contribution in [2.24, 2.45) is 0 Å². The SMILES string of the molecule is C[Si](C)(C)[Si](Br)(Br)[Si](Br)([Si](C)(C)C)[Si](C)(C)C. The van der Waals surface area contributed by atoms with Gasteiger partial charge in [-0.1, -0.05) is 58.9 Å². The molecule has 0 unspecified atom stereocenters. The van der Waals surface area contributed by atoms with E-state index in [2.05, 4.69) is 105 Å². The van der Waals surface area contributed by atoms with Crippen LogP contribution in [0.3, 0.4) is 0 Å². The number of hydrogen-bond donors (Lipinski definition) is 0. The molecule has 0 heterocycles. The van der Waals surface area contributed by atoms with Crippen molar-refractivity contribution in [2.45, 2.75) is 58.9 Å². The Morgan fingerprint density at radius 1 is 0.471 bits per heavy atom. The predicted molar refractivity (Wildman–Crippen MR) is 108 cm³/mol. The van der Waals surface area contributed by atoms with Crippen LogP contribution in [-0.2, 0) is 0 Å². The highest BCUT2D eigenvalue weighted by Gasteiger charge is 2.69. The van der Waals surface area contributed by atoms with Gasteiger partial charge in [-0.3, -0.25) is 0 Å². The van der Waals surface area contributed by atoms with Gasteiger partial charge >= 0.3 is 0 Å². The Balaban J connectivity index is 6.04. The Kier molecular flexibility index (Phi) is 6.18. The molecule has 0 aromatic rings. The molecule has 0 bridgehead atoms. The average molecular weight is 515 g/mol. The van der Waals surface area contributed by atoms with Gasteiger partial charge in [-0.25, -0.2) is 0 Å². The van der Waals surface area contributed by atoms with Gasteiger partial charge in [0.1, 0.15) is 5.25 Å². The fourth-order valence-electron chi connectivity index (χ4n) is 2.58. The second kappa shape index (κ2) is 5.38. The molecule has 0 spiro atoms. The van der Waals surface area contributed by atoms with E-state index < -0.39 is 32.4 Å². The fourth-order valence-corrected chi connectivity index (χ4v) is 191. The first-order chi connectivity index (χ1) is 7.00. The smallest absolute Gasteiger partial charge is 0.134 e. The van der Waals surface area contributed by atoms with Crippen LogP contribution >= 0.6 is 45.9 Å². The van der Waals surface area contributed by atoms with Crippen LogP contribution in [0.15, 0.2) is 0 Å². The summed E-state index contributed by atoms with van der Waals surface area (Å²) in [6, 6.07) is 0. The van der Waals surface area contributed by atoms with Gasteiger partial charge in [0.25, 0.3) is 0 Å². The molecule has 0 amide bonds. The molecule has 0 rings (SSSR count). The van der Waals surface area contributed by atoms with Gasteiger partial charge in [0.15, 0.2) is 4.35 Å². The summed E-state index contributed by atoms with van der Waals surface area (Å²) in [6.07, 6.45) is 0. The summed E-state index contributed by atoms with van der Waals surface area (Å²) < 4.78 is -1.49. The monoisotopic (exact) mass is 512 g/mol. The number of halogens is 3. The molecule has 0 nitrogen and oxygen atoms in total. The summed E-state index contributed by atoms with van der Waals surface area (Å²) in [4.78, 5) is 0. The van der Waals surface area contributed by atoms with E-state index in [1.807, 2.05) is 0 Å². The molecule has 0 saturated heterocycles. The minimum absolute atomic E-state index is 1.17. The van der Waals surface area contributed by atoms with Crippen LogP contribution in [-0.4, -0.2) is 32.4 Å². The maximum atomic E-state index is 4.45. The summed E-state index contributed by atoms with van der Waals surface area (Å²) in [6.45, 7) is 23.1. The standard InChI is InChI=1S/C9H27Br3Si5/c1-13(2,3)16(10,11)17(12,14(4,5)6)15(7,8)9/h1-9H3. The van der Waals surface area contributed by atoms with Crippen LogP contribution in [0, 0.1) is 0 Å². The Morgan fingerprint density at radius 3 is 0.765 bits per heavy atom. The molecule has 0 aromatic carbocycles. The number of rotatable bonds is 4. The topological polar surface area (TPSA) is 0 Å². The molecule has 0 fully saturated rings. The first-order valence-electron chi connectivity index (χ1n) is 6.07. The van der Waals surface area contributed by atoms with E-state index in [-0.39, 0.29) is 0 Å². The van der Waals surface area contributed by atoms with Crippen molar-refractivity contribution in [3.05, 3.63) is 0 Å². The normalized spacial score (nSPS) is 16.2. The highest BCUT2D eigenvalue weighted by molar-refractivity contribution is 9.60. The zero-order valence-electron chi connectivity index (χ0n) is 12.6. The van der Waals surface area contributed by atoms with Gasteiger partial charge in [0.05, 0.1) is 7.59 Å². The predicted octanol–water partition coefficient (Wildman–Crippen LogP) is 5.89. The molecule has 0 atom stereocenters. The second-order valence-corrected chi connectivity index (χ2v) is 84.0. The van der Waals surface area contributed by atoms with Crippen LogP contribution in [0.5, 0.6) is 0 Å². The molecule has 0 saturated carbocycles. The Morgan fingerprint density at radius 2 is 0.706 bits per heavy atom. The van der Waals surface area contributed by atoms with E-state index in [0.717, 1.165) is 0 Å². The molecule has 0 aliphatic carbocycles. The highest BCUT2D eigenvalue weighted by atomic mass is 79.9. The summed E-state index contributed by atoms with van der Waals surface area (Å²) >= 11 is 13.0. The molecule has 17 heavy (non-hydrogen) atoms. The van der Waals surface area contributed by atoms with E-state index >= 15 is 0 Å². The van der Waals surface area contributed by atoms with E-state index in [0.29, 0.717) is 0 Å². The summed E-state index contributed by atoms with van der Waals surface area (Å²) in [5, 5.41) is -1.39. The quantitative estimate of drug-likeness (QED) is 0.324. The third kappa shape index (κ3) is 3.41. The molecule has 0 aliphatic rings. The first-order valence-corrected chi connectivity index (χ1v) is 31.3. The third-order valence-electron chi connectivity index (χ3n) is 3.44. The molecule has 0 radical (unpaired) electrons. The lowest BCUT2D eigenvalue weighted by Crippen LogP contribution is -2.83. The fraction of sp³-hybridized carbons (Fsp3) is 1.00. The van der Waals surface area contributed by atoms with Crippen molar-refractivity contribution in [1.29, 1.82) is 0 Å². The van der Waals surface area contributed by atoms with Gasteiger partial charge in [0, 0.05) is 15.2 Å². The first kappa shape index (κ1) is 19.5. The molecule has 104 valence electrons. The molecular formula is C9H27Br3Si5. The lowest BCUT2D eigenvalue weighted by Gasteiger charge is -2.55. The zero-order valence-corrected chi connectivity index (χ0v) is 22.4. The van der Waals surface area contributed by atoms with Crippen molar-refractivity contribution in [2.75, 3.05) is 0 Å². The Hall–Kier alpha value is 2.52. The summed E-state index contributed by atoms with van der Waals surface area (Å²) in [5.74, 6) is 0. The van der Waals surface area contributed by atoms with Crippen LogP contribution in [0.25, 0.3) is 0 Å². The lowest BCUT2D eigenvalue weighted by molar-refractivity contribution is 1.80. The Labute approximate surface area is 136 Å². The van der Waals surface area contributed by atoms with Crippen molar-refractivity contribution in [1.82, 2.24) is 0 Å². The van der Waals surface area contributed by atoms with Crippen LogP contribution in [0.2, 0.25) is 58.9 Å². The largest absolute Gasteiger partial charge is 0.188 e. The minimum Gasteiger partial charge on any atom is -0.134 e. The van der Waals surface area contributed by atoms with Crippen LogP contribution in [0.1, 0.15) is 0 Å². The minimum atomic E-state index is -1.49. The van der Waals surface area contributed by atoms with Crippen molar-refractivity contribution in [3.63, 3.8) is 0 Å². The maximum absolute atomic E-state index is 4.45. The van der Waals surface area contributed by atoms with Gasteiger partial charge in [-0.05, 0) is 0 Å². The zero-order chi connectivity index (χ0) is 14.5. The van der Waals surface area contributed by atoms with E-state index in [9.17, 15) is 0 Å². The lowest BCUT2D eigenvalue weighted by atomic mass is 11.8. The Bertz CT molecular complexity index is 270. The highest BCUT2D eigenvalue weighted by Crippen LogP contribution is 2.50. The van der Waals surface area contributed by atoms with Gasteiger partial charge in [-0.2, -0.15) is 0 Å². The van der Waals surface area contributed by atoms with Crippen molar-refractivity contribution in [3.8, 4) is 0 Å². The summed E-state index contributed by atoms with van der Waals surface area (Å²) in [5.41, 5.74) is 0. The third-order valence-corrected chi connectivity index (χ3v) is 164. The average Bonchev–Trinajstić information content (AvgIpc) is 1.95. The maximum Gasteiger partial charge on any atom is 0.188 e. The van der Waals surface area contributed by atoms with E-state index in [4.69, 9.17) is 0 Å².